The van der Waals surface area contributed by atoms with E-state index in [9.17, 15) is 17.8 Å². The second-order valence-corrected chi connectivity index (χ2v) is 5.18. The minimum atomic E-state index is -4.28. The van der Waals surface area contributed by atoms with Crippen molar-refractivity contribution in [1.29, 1.82) is 0 Å². The number of hydrogen-bond acceptors (Lipinski definition) is 6. The molecule has 72 valence electrons. The average molecular weight is 236 g/mol. The van der Waals surface area contributed by atoms with Crippen molar-refractivity contribution < 1.29 is 52.1 Å². The molecule has 0 saturated carbocycles. The van der Waals surface area contributed by atoms with Gasteiger partial charge in [0.25, 0.3) is 0 Å². The Morgan fingerprint density at radius 3 is 2.46 bits per heavy atom. The molecule has 0 aliphatic heterocycles. The summed E-state index contributed by atoms with van der Waals surface area (Å²) in [4.78, 5) is 10.6. The minimum absolute atomic E-state index is 0. The van der Waals surface area contributed by atoms with Gasteiger partial charge in [-0.2, -0.15) is 0 Å². The third kappa shape index (κ3) is 12.7. The van der Waals surface area contributed by atoms with Crippen LogP contribution in [0.4, 0.5) is 0 Å². The van der Waals surface area contributed by atoms with Crippen LogP contribution >= 0.6 is 10.8 Å². The summed E-state index contributed by atoms with van der Waals surface area (Å²) >= 11 is 0. The van der Waals surface area contributed by atoms with Gasteiger partial charge >= 0.3 is 35.5 Å². The largest absolute Gasteiger partial charge is 1.00 e. The second kappa shape index (κ2) is 8.07. The number of ether oxygens (including phenoxy) is 1. The van der Waals surface area contributed by atoms with Crippen molar-refractivity contribution >= 4 is 25.9 Å². The first-order valence-electron chi connectivity index (χ1n) is 3.21. The van der Waals surface area contributed by atoms with E-state index in [1.54, 1.807) is 6.92 Å². The van der Waals surface area contributed by atoms with Crippen LogP contribution in [0, 0.1) is 0 Å². The Kier molecular flexibility index (Phi) is 10.0. The number of rotatable bonds is 5. The fourth-order valence-electron chi connectivity index (χ4n) is 0.460. The fourth-order valence-corrected chi connectivity index (χ4v) is 1.78. The predicted molar refractivity (Wildman–Crippen MR) is 43.4 cm³/mol. The first kappa shape index (κ1) is 16.2. The average Bonchev–Trinajstić information content (AvgIpc) is 1.84. The van der Waals surface area contributed by atoms with Gasteiger partial charge in [0, 0.05) is 5.75 Å². The van der Waals surface area contributed by atoms with E-state index in [1.807, 2.05) is 0 Å². The summed E-state index contributed by atoms with van der Waals surface area (Å²) in [6, 6.07) is 0. The molecule has 0 unspecified atom stereocenters. The Bertz CT molecular complexity index is 237. The molecular formula is C5H9NaO5S2. The molecule has 5 nitrogen and oxygen atoms in total. The molecule has 13 heavy (non-hydrogen) atoms. The molecule has 0 aliphatic rings. The van der Waals surface area contributed by atoms with Crippen molar-refractivity contribution in [1.82, 2.24) is 0 Å². The fraction of sp³-hybridized carbons (Fsp3) is 0.800. The van der Waals surface area contributed by atoms with Crippen molar-refractivity contribution in [3.8, 4) is 0 Å². The number of hydrogen-bond donors (Lipinski definition) is 0. The van der Waals surface area contributed by atoms with Crippen LogP contribution < -0.4 is 29.6 Å². The summed E-state index contributed by atoms with van der Waals surface area (Å²) < 4.78 is 34.6. The summed E-state index contributed by atoms with van der Waals surface area (Å²) in [6.45, 7) is 1.91. The number of esters is 1. The van der Waals surface area contributed by atoms with Crippen LogP contribution in [0.2, 0.25) is 0 Å². The molecule has 0 saturated heterocycles. The zero-order valence-electron chi connectivity index (χ0n) is 7.48. The Morgan fingerprint density at radius 1 is 1.54 bits per heavy atom. The number of carbonyl (C=O) groups excluding carboxylic acids is 1. The van der Waals surface area contributed by atoms with Crippen LogP contribution in [0.1, 0.15) is 13.3 Å². The van der Waals surface area contributed by atoms with Crippen LogP contribution in [0.3, 0.4) is 0 Å². The standard InChI is InChI=1S/C5H10O5S2.Na/c1-2-10-5(6)3-4-11-12(7,8)9;/h2-4H2,1H3,(H,7,8,9);/q;+1/p-1. The Labute approximate surface area is 103 Å². The van der Waals surface area contributed by atoms with Gasteiger partial charge < -0.3 is 9.29 Å². The van der Waals surface area contributed by atoms with Gasteiger partial charge in [0.2, 0.25) is 0 Å². The summed E-state index contributed by atoms with van der Waals surface area (Å²) in [5.74, 6) is -0.543. The topological polar surface area (TPSA) is 83.5 Å². The molecule has 0 aromatic carbocycles. The minimum Gasteiger partial charge on any atom is -0.739 e. The number of carbonyl (C=O) groups is 1. The second-order valence-electron chi connectivity index (χ2n) is 1.79. The Morgan fingerprint density at radius 2 is 2.08 bits per heavy atom. The summed E-state index contributed by atoms with van der Waals surface area (Å²) in [5, 5.41) is 0. The van der Waals surface area contributed by atoms with Crippen molar-refractivity contribution in [3.05, 3.63) is 0 Å². The normalized spacial score (nSPS) is 10.3. The molecular weight excluding hydrogens is 227 g/mol. The van der Waals surface area contributed by atoms with Crippen LogP contribution in [-0.4, -0.2) is 31.3 Å². The first-order chi connectivity index (χ1) is 5.45. The molecule has 0 heterocycles. The molecule has 0 aromatic heterocycles. The zero-order chi connectivity index (χ0) is 9.61. The third-order valence-corrected chi connectivity index (χ3v) is 2.86. The van der Waals surface area contributed by atoms with Crippen molar-refractivity contribution in [2.45, 2.75) is 13.3 Å². The molecule has 0 atom stereocenters. The molecule has 0 radical (unpaired) electrons. The maximum atomic E-state index is 10.6. The smallest absolute Gasteiger partial charge is 0.739 e. The van der Waals surface area contributed by atoms with Crippen LogP contribution in [-0.2, 0) is 18.7 Å². The van der Waals surface area contributed by atoms with E-state index >= 15 is 0 Å². The van der Waals surface area contributed by atoms with E-state index in [0.29, 0.717) is 0 Å². The van der Waals surface area contributed by atoms with Gasteiger partial charge in [-0.25, -0.2) is 8.42 Å². The molecule has 0 N–H and O–H groups in total. The van der Waals surface area contributed by atoms with Gasteiger partial charge in [0.05, 0.1) is 13.0 Å². The van der Waals surface area contributed by atoms with Crippen LogP contribution in [0.25, 0.3) is 0 Å². The zero-order valence-corrected chi connectivity index (χ0v) is 11.1. The molecule has 8 heteroatoms. The van der Waals surface area contributed by atoms with Gasteiger partial charge in [-0.05, 0) is 17.7 Å². The quantitative estimate of drug-likeness (QED) is 0.221. The molecule has 0 aromatic rings. The maximum Gasteiger partial charge on any atom is 1.00 e. The summed E-state index contributed by atoms with van der Waals surface area (Å²) in [6.07, 6.45) is -0.0556. The van der Waals surface area contributed by atoms with E-state index in [0.717, 1.165) is 0 Å². The molecule has 0 amide bonds. The van der Waals surface area contributed by atoms with Crippen LogP contribution in [0.5, 0.6) is 0 Å². The molecule has 0 spiro atoms. The maximum absolute atomic E-state index is 10.6. The van der Waals surface area contributed by atoms with Gasteiger partial charge in [0.1, 0.15) is 9.15 Å². The van der Waals surface area contributed by atoms with E-state index in [1.165, 1.54) is 0 Å². The summed E-state index contributed by atoms with van der Waals surface area (Å²) in [7, 11) is -4.07. The molecule has 0 bridgehead atoms. The Balaban J connectivity index is 0. The van der Waals surface area contributed by atoms with E-state index in [2.05, 4.69) is 4.74 Å². The Hall–Kier alpha value is 0.730. The summed E-state index contributed by atoms with van der Waals surface area (Å²) in [5.41, 5.74) is 0. The first-order valence-corrected chi connectivity index (χ1v) is 6.12. The molecule has 0 aliphatic carbocycles. The molecule has 0 fully saturated rings. The van der Waals surface area contributed by atoms with E-state index < -0.39 is 15.1 Å². The van der Waals surface area contributed by atoms with Crippen molar-refractivity contribution in [2.75, 3.05) is 12.4 Å². The van der Waals surface area contributed by atoms with Crippen molar-refractivity contribution in [3.63, 3.8) is 0 Å². The van der Waals surface area contributed by atoms with E-state index in [-0.39, 0.29) is 59.1 Å². The van der Waals surface area contributed by atoms with Crippen molar-refractivity contribution in [2.24, 2.45) is 0 Å². The SMILES string of the molecule is CCOC(=O)CCSS(=O)(=O)[O-].[Na+]. The van der Waals surface area contributed by atoms with Gasteiger partial charge in [-0.3, -0.25) is 4.79 Å². The van der Waals surface area contributed by atoms with Gasteiger partial charge in [0.15, 0.2) is 0 Å². The van der Waals surface area contributed by atoms with Gasteiger partial charge in [-0.15, -0.1) is 0 Å². The van der Waals surface area contributed by atoms with E-state index in [4.69, 9.17) is 0 Å². The monoisotopic (exact) mass is 236 g/mol. The predicted octanol–water partition coefficient (Wildman–Crippen LogP) is -2.86. The van der Waals surface area contributed by atoms with Crippen LogP contribution in [0.15, 0.2) is 0 Å². The van der Waals surface area contributed by atoms with Gasteiger partial charge in [-0.1, -0.05) is 0 Å². The molecule has 0 rings (SSSR count). The third-order valence-electron chi connectivity index (χ3n) is 0.839.